The van der Waals surface area contributed by atoms with Gasteiger partial charge in [-0.15, -0.1) is 0 Å². The van der Waals surface area contributed by atoms with Crippen molar-refractivity contribution in [1.29, 1.82) is 0 Å². The van der Waals surface area contributed by atoms with Crippen molar-refractivity contribution in [2.75, 3.05) is 27.4 Å². The van der Waals surface area contributed by atoms with Crippen LogP contribution in [0.1, 0.15) is 28.8 Å². The molecule has 2 aromatic rings. The van der Waals surface area contributed by atoms with Gasteiger partial charge in [-0.05, 0) is 31.2 Å². The van der Waals surface area contributed by atoms with Crippen LogP contribution in [0.5, 0.6) is 17.2 Å². The molecule has 0 saturated heterocycles. The van der Waals surface area contributed by atoms with Gasteiger partial charge in [0, 0.05) is 11.1 Å². The molecule has 0 heterocycles. The summed E-state index contributed by atoms with van der Waals surface area (Å²) in [6.45, 7) is 2.07. The van der Waals surface area contributed by atoms with Crippen molar-refractivity contribution in [2.24, 2.45) is 0 Å². The van der Waals surface area contributed by atoms with Gasteiger partial charge in [-0.3, -0.25) is 4.79 Å². The molecular weight excluding hydrogens is 308 g/mol. The molecule has 24 heavy (non-hydrogen) atoms. The third-order valence-corrected chi connectivity index (χ3v) is 3.76. The average molecular weight is 330 g/mol. The minimum Gasteiger partial charge on any atom is -0.496 e. The Morgan fingerprint density at radius 1 is 1.04 bits per heavy atom. The van der Waals surface area contributed by atoms with E-state index in [1.807, 2.05) is 19.1 Å². The molecule has 0 aliphatic heterocycles. The van der Waals surface area contributed by atoms with E-state index in [4.69, 9.17) is 14.2 Å². The summed E-state index contributed by atoms with van der Waals surface area (Å²) >= 11 is 0. The van der Waals surface area contributed by atoms with Crippen LogP contribution in [0.15, 0.2) is 42.5 Å². The van der Waals surface area contributed by atoms with Gasteiger partial charge < -0.3 is 19.3 Å². The topological polar surface area (TPSA) is 65.0 Å². The summed E-state index contributed by atoms with van der Waals surface area (Å²) in [5.41, 5.74) is 1.10. The van der Waals surface area contributed by atoms with Crippen LogP contribution >= 0.6 is 0 Å². The molecule has 0 fully saturated rings. The zero-order chi connectivity index (χ0) is 17.5. The predicted molar refractivity (Wildman–Crippen MR) is 91.3 cm³/mol. The average Bonchev–Trinajstić information content (AvgIpc) is 2.63. The summed E-state index contributed by atoms with van der Waals surface area (Å²) in [6.07, 6.45) is 0. The molecule has 0 radical (unpaired) electrons. The molecule has 1 N–H and O–H groups in total. The Balaban J connectivity index is 2.38. The molecule has 0 aromatic heterocycles. The van der Waals surface area contributed by atoms with Crippen molar-refractivity contribution in [1.82, 2.24) is 0 Å². The lowest BCUT2D eigenvalue weighted by Crippen LogP contribution is -2.17. The number of hydrogen-bond donors (Lipinski definition) is 1. The lowest BCUT2D eigenvalue weighted by Gasteiger charge is -2.17. The van der Waals surface area contributed by atoms with Crippen molar-refractivity contribution in [2.45, 2.75) is 12.8 Å². The third kappa shape index (κ3) is 3.68. The Morgan fingerprint density at radius 2 is 1.75 bits per heavy atom. The molecule has 0 aliphatic rings. The molecule has 5 heteroatoms. The van der Waals surface area contributed by atoms with Crippen LogP contribution in [0.3, 0.4) is 0 Å². The first-order chi connectivity index (χ1) is 11.7. The van der Waals surface area contributed by atoms with Crippen molar-refractivity contribution in [3.05, 3.63) is 53.6 Å². The molecular formula is C19H22O5. The lowest BCUT2D eigenvalue weighted by atomic mass is 9.90. The number of carbonyl (C=O) groups excluding carboxylic acids is 1. The second-order valence-corrected chi connectivity index (χ2v) is 5.14. The number of hydrogen-bond acceptors (Lipinski definition) is 5. The van der Waals surface area contributed by atoms with E-state index in [0.29, 0.717) is 35.0 Å². The smallest absolute Gasteiger partial charge is 0.172 e. The summed E-state index contributed by atoms with van der Waals surface area (Å²) in [6, 6.07) is 12.2. The van der Waals surface area contributed by atoms with E-state index in [1.165, 1.54) is 14.2 Å². The van der Waals surface area contributed by atoms with Crippen LogP contribution in [-0.2, 0) is 0 Å². The summed E-state index contributed by atoms with van der Waals surface area (Å²) in [5, 5.41) is 9.76. The van der Waals surface area contributed by atoms with E-state index in [-0.39, 0.29) is 12.4 Å². The van der Waals surface area contributed by atoms with Gasteiger partial charge in [-0.2, -0.15) is 0 Å². The number of Topliss-reactive ketones (excluding diaryl/α,β-unsaturated/α-hetero) is 1. The van der Waals surface area contributed by atoms with E-state index in [1.54, 1.807) is 30.3 Å². The number of rotatable bonds is 8. The van der Waals surface area contributed by atoms with E-state index < -0.39 is 5.92 Å². The molecule has 0 saturated carbocycles. The SMILES string of the molecule is CCOc1ccc(C(=O)C(CO)c2ccccc2OC)cc1OC. The van der Waals surface area contributed by atoms with Crippen LogP contribution in [0.2, 0.25) is 0 Å². The maximum absolute atomic E-state index is 12.9. The molecule has 2 aromatic carbocycles. The fourth-order valence-corrected chi connectivity index (χ4v) is 2.57. The number of para-hydroxylation sites is 1. The monoisotopic (exact) mass is 330 g/mol. The molecule has 1 unspecified atom stereocenters. The first-order valence-corrected chi connectivity index (χ1v) is 7.75. The van der Waals surface area contributed by atoms with Gasteiger partial charge in [0.1, 0.15) is 5.75 Å². The van der Waals surface area contributed by atoms with E-state index in [2.05, 4.69) is 0 Å². The van der Waals surface area contributed by atoms with Crippen LogP contribution in [0.4, 0.5) is 0 Å². The second-order valence-electron chi connectivity index (χ2n) is 5.14. The summed E-state index contributed by atoms with van der Waals surface area (Å²) in [5.74, 6) is 0.726. The van der Waals surface area contributed by atoms with Gasteiger partial charge >= 0.3 is 0 Å². The minimum atomic E-state index is -0.705. The number of aliphatic hydroxyl groups excluding tert-OH is 1. The molecule has 0 spiro atoms. The number of carbonyl (C=O) groups is 1. The Kier molecular flexibility index (Phi) is 6.21. The van der Waals surface area contributed by atoms with E-state index in [0.717, 1.165) is 0 Å². The largest absolute Gasteiger partial charge is 0.496 e. The van der Waals surface area contributed by atoms with Crippen LogP contribution in [0, 0.1) is 0 Å². The number of aliphatic hydroxyl groups is 1. The van der Waals surface area contributed by atoms with Crippen LogP contribution in [0.25, 0.3) is 0 Å². The van der Waals surface area contributed by atoms with Gasteiger partial charge in [0.2, 0.25) is 0 Å². The van der Waals surface area contributed by atoms with Gasteiger partial charge in [0.05, 0.1) is 33.4 Å². The predicted octanol–water partition coefficient (Wildman–Crippen LogP) is 3.06. The normalized spacial score (nSPS) is 11.7. The lowest BCUT2D eigenvalue weighted by molar-refractivity contribution is 0.0920. The highest BCUT2D eigenvalue weighted by molar-refractivity contribution is 6.02. The molecule has 2 rings (SSSR count). The third-order valence-electron chi connectivity index (χ3n) is 3.76. The fourth-order valence-electron chi connectivity index (χ4n) is 2.57. The van der Waals surface area contributed by atoms with Gasteiger partial charge in [0.25, 0.3) is 0 Å². The van der Waals surface area contributed by atoms with Gasteiger partial charge in [0.15, 0.2) is 17.3 Å². The maximum atomic E-state index is 12.9. The molecule has 128 valence electrons. The maximum Gasteiger partial charge on any atom is 0.172 e. The van der Waals surface area contributed by atoms with Crippen LogP contribution in [-0.4, -0.2) is 38.3 Å². The quantitative estimate of drug-likeness (QED) is 0.754. The highest BCUT2D eigenvalue weighted by Gasteiger charge is 2.25. The summed E-state index contributed by atoms with van der Waals surface area (Å²) < 4.78 is 16.1. The Labute approximate surface area is 141 Å². The first-order valence-electron chi connectivity index (χ1n) is 7.75. The zero-order valence-corrected chi connectivity index (χ0v) is 14.1. The number of benzene rings is 2. The van der Waals surface area contributed by atoms with E-state index in [9.17, 15) is 9.90 Å². The molecule has 0 aliphatic carbocycles. The van der Waals surface area contributed by atoms with Crippen molar-refractivity contribution >= 4 is 5.78 Å². The number of methoxy groups -OCH3 is 2. The van der Waals surface area contributed by atoms with Crippen molar-refractivity contribution < 1.29 is 24.1 Å². The minimum absolute atomic E-state index is 0.205. The zero-order valence-electron chi connectivity index (χ0n) is 14.1. The van der Waals surface area contributed by atoms with Crippen molar-refractivity contribution in [3.63, 3.8) is 0 Å². The first kappa shape index (κ1) is 17.8. The molecule has 1 atom stereocenters. The molecule has 5 nitrogen and oxygen atoms in total. The Hall–Kier alpha value is -2.53. The van der Waals surface area contributed by atoms with Gasteiger partial charge in [-0.25, -0.2) is 0 Å². The molecule has 0 amide bonds. The van der Waals surface area contributed by atoms with Gasteiger partial charge in [-0.1, -0.05) is 18.2 Å². The fraction of sp³-hybridized carbons (Fsp3) is 0.316. The van der Waals surface area contributed by atoms with E-state index >= 15 is 0 Å². The highest BCUT2D eigenvalue weighted by Crippen LogP contribution is 2.32. The standard InChI is InChI=1S/C19H22O5/c1-4-24-17-10-9-13(11-18(17)23-3)19(21)15(12-20)14-7-5-6-8-16(14)22-2/h5-11,15,20H,4,12H2,1-3H3. The second kappa shape index (κ2) is 8.36. The Morgan fingerprint density at radius 3 is 2.38 bits per heavy atom. The summed E-state index contributed by atoms with van der Waals surface area (Å²) in [4.78, 5) is 12.9. The highest BCUT2D eigenvalue weighted by atomic mass is 16.5. The molecule has 0 bridgehead atoms. The number of ketones is 1. The number of ether oxygens (including phenoxy) is 3. The Bertz CT molecular complexity index is 696. The van der Waals surface area contributed by atoms with Crippen molar-refractivity contribution in [3.8, 4) is 17.2 Å². The summed E-state index contributed by atoms with van der Waals surface area (Å²) in [7, 11) is 3.06. The van der Waals surface area contributed by atoms with Crippen LogP contribution < -0.4 is 14.2 Å².